The van der Waals surface area contributed by atoms with E-state index in [0.717, 1.165) is 13.0 Å². The third-order valence-corrected chi connectivity index (χ3v) is 2.39. The van der Waals surface area contributed by atoms with Crippen LogP contribution in [0.1, 0.15) is 20.3 Å². The number of aliphatic carboxylic acids is 1. The van der Waals surface area contributed by atoms with Gasteiger partial charge in [-0.3, -0.25) is 0 Å². The van der Waals surface area contributed by atoms with Crippen LogP contribution < -0.4 is 0 Å². The quantitative estimate of drug-likeness (QED) is 0.351. The van der Waals surface area contributed by atoms with Gasteiger partial charge in [0.2, 0.25) is 0 Å². The number of rotatable bonds is 7. The average molecular weight is 302 g/mol. The van der Waals surface area contributed by atoms with Gasteiger partial charge >= 0.3 is 11.9 Å². The SMILES string of the molecule is C=C(C)C(=O)OCC(O)CO.CC(=CCC1CO1)C(=O)O. The second-order valence-electron chi connectivity index (χ2n) is 4.60. The molecule has 120 valence electrons. The first-order chi connectivity index (χ1) is 9.77. The van der Waals surface area contributed by atoms with E-state index in [4.69, 9.17) is 20.1 Å². The minimum absolute atomic E-state index is 0.192. The fourth-order valence-electron chi connectivity index (χ4n) is 0.947. The predicted octanol–water partition coefficient (Wildman–Crippen LogP) is 0.265. The highest BCUT2D eigenvalue weighted by Gasteiger charge is 2.20. The molecule has 1 fully saturated rings. The van der Waals surface area contributed by atoms with Gasteiger partial charge in [0, 0.05) is 11.1 Å². The largest absolute Gasteiger partial charge is 0.478 e. The number of epoxide rings is 1. The Labute approximate surface area is 123 Å². The molecule has 1 aliphatic heterocycles. The number of hydrogen-bond acceptors (Lipinski definition) is 6. The van der Waals surface area contributed by atoms with Gasteiger partial charge in [0.25, 0.3) is 0 Å². The smallest absolute Gasteiger partial charge is 0.333 e. The molecule has 2 atom stereocenters. The van der Waals surface area contributed by atoms with Gasteiger partial charge in [-0.2, -0.15) is 0 Å². The number of esters is 1. The molecule has 3 N–H and O–H groups in total. The minimum atomic E-state index is -1.00. The average Bonchev–Trinajstić information content (AvgIpc) is 3.26. The molecule has 7 heteroatoms. The Hall–Kier alpha value is -1.70. The van der Waals surface area contributed by atoms with E-state index in [-0.39, 0.29) is 18.3 Å². The Morgan fingerprint density at radius 1 is 1.48 bits per heavy atom. The van der Waals surface area contributed by atoms with E-state index in [2.05, 4.69) is 11.3 Å². The summed E-state index contributed by atoms with van der Waals surface area (Å²) in [5.74, 6) is -1.40. The van der Waals surface area contributed by atoms with Crippen molar-refractivity contribution in [2.24, 2.45) is 0 Å². The van der Waals surface area contributed by atoms with Gasteiger partial charge in [-0.25, -0.2) is 9.59 Å². The molecular weight excluding hydrogens is 280 g/mol. The van der Waals surface area contributed by atoms with Crippen LogP contribution in [0.4, 0.5) is 0 Å². The van der Waals surface area contributed by atoms with Gasteiger partial charge in [0.05, 0.1) is 19.3 Å². The molecule has 0 amide bonds. The number of hydrogen-bond donors (Lipinski definition) is 3. The van der Waals surface area contributed by atoms with Crippen LogP contribution in [-0.2, 0) is 19.1 Å². The second-order valence-corrected chi connectivity index (χ2v) is 4.60. The van der Waals surface area contributed by atoms with Gasteiger partial charge in [-0.15, -0.1) is 0 Å². The van der Waals surface area contributed by atoms with Crippen LogP contribution in [0.2, 0.25) is 0 Å². The molecule has 1 heterocycles. The van der Waals surface area contributed by atoms with Gasteiger partial charge < -0.3 is 24.8 Å². The second kappa shape index (κ2) is 10.1. The molecule has 7 nitrogen and oxygen atoms in total. The Bertz CT molecular complexity index is 396. The van der Waals surface area contributed by atoms with E-state index < -0.39 is 24.6 Å². The minimum Gasteiger partial charge on any atom is -0.478 e. The molecule has 21 heavy (non-hydrogen) atoms. The van der Waals surface area contributed by atoms with Crippen molar-refractivity contribution in [2.75, 3.05) is 19.8 Å². The van der Waals surface area contributed by atoms with Crippen molar-refractivity contribution in [3.05, 3.63) is 23.8 Å². The van der Waals surface area contributed by atoms with E-state index in [0.29, 0.717) is 5.57 Å². The van der Waals surface area contributed by atoms with Crippen LogP contribution in [0.15, 0.2) is 23.8 Å². The molecule has 0 radical (unpaired) electrons. The van der Waals surface area contributed by atoms with Crippen molar-refractivity contribution in [3.8, 4) is 0 Å². The zero-order chi connectivity index (χ0) is 16.4. The van der Waals surface area contributed by atoms with Crippen LogP contribution in [-0.4, -0.2) is 59.3 Å². The number of ether oxygens (including phenoxy) is 2. The Morgan fingerprint density at radius 2 is 2.05 bits per heavy atom. The molecule has 0 bridgehead atoms. The fourth-order valence-corrected chi connectivity index (χ4v) is 0.947. The summed E-state index contributed by atoms with van der Waals surface area (Å²) in [6.07, 6.45) is 1.71. The summed E-state index contributed by atoms with van der Waals surface area (Å²) in [6, 6.07) is 0. The summed E-state index contributed by atoms with van der Waals surface area (Å²) in [4.78, 5) is 20.9. The molecule has 1 saturated heterocycles. The number of carboxylic acid groups (broad SMARTS) is 1. The van der Waals surface area contributed by atoms with Crippen LogP contribution >= 0.6 is 0 Å². The molecule has 0 aliphatic carbocycles. The summed E-state index contributed by atoms with van der Waals surface area (Å²) in [7, 11) is 0. The maximum absolute atomic E-state index is 10.6. The molecule has 0 spiro atoms. The zero-order valence-electron chi connectivity index (χ0n) is 12.2. The highest BCUT2D eigenvalue weighted by Crippen LogP contribution is 2.14. The van der Waals surface area contributed by atoms with E-state index in [1.54, 1.807) is 13.0 Å². The highest BCUT2D eigenvalue weighted by molar-refractivity contribution is 5.87. The van der Waals surface area contributed by atoms with E-state index in [9.17, 15) is 9.59 Å². The van der Waals surface area contributed by atoms with Gasteiger partial charge in [0.15, 0.2) is 0 Å². The number of carbonyl (C=O) groups is 2. The van der Waals surface area contributed by atoms with E-state index in [1.807, 2.05) is 0 Å². The molecule has 2 unspecified atom stereocenters. The first kappa shape index (κ1) is 19.3. The molecule has 0 aromatic rings. The van der Waals surface area contributed by atoms with Crippen LogP contribution in [0.5, 0.6) is 0 Å². The normalized spacial score (nSPS) is 18.1. The van der Waals surface area contributed by atoms with Gasteiger partial charge in [-0.05, 0) is 20.3 Å². The van der Waals surface area contributed by atoms with Crippen molar-refractivity contribution < 1.29 is 34.4 Å². The van der Waals surface area contributed by atoms with Crippen molar-refractivity contribution >= 4 is 11.9 Å². The monoisotopic (exact) mass is 302 g/mol. The maximum atomic E-state index is 10.6. The Morgan fingerprint density at radius 3 is 2.43 bits per heavy atom. The van der Waals surface area contributed by atoms with Crippen molar-refractivity contribution in [1.82, 2.24) is 0 Å². The number of aliphatic hydroxyl groups is 2. The summed E-state index contributed by atoms with van der Waals surface area (Å²) < 4.78 is 9.41. The van der Waals surface area contributed by atoms with Crippen molar-refractivity contribution in [2.45, 2.75) is 32.5 Å². The molecular formula is C14H22O7. The van der Waals surface area contributed by atoms with Crippen molar-refractivity contribution in [3.63, 3.8) is 0 Å². The molecule has 0 aromatic heterocycles. The lowest BCUT2D eigenvalue weighted by Crippen LogP contribution is -2.22. The fraction of sp³-hybridized carbons (Fsp3) is 0.571. The third-order valence-electron chi connectivity index (χ3n) is 2.39. The number of carboxylic acids is 1. The van der Waals surface area contributed by atoms with Crippen LogP contribution in [0, 0.1) is 0 Å². The van der Waals surface area contributed by atoms with E-state index >= 15 is 0 Å². The van der Waals surface area contributed by atoms with E-state index in [1.165, 1.54) is 6.92 Å². The summed E-state index contributed by atoms with van der Waals surface area (Å²) >= 11 is 0. The van der Waals surface area contributed by atoms with Crippen molar-refractivity contribution in [1.29, 1.82) is 0 Å². The lowest BCUT2D eigenvalue weighted by molar-refractivity contribution is -0.142. The standard InChI is InChI=1S/C7H12O4.C7H10O3/c1-5(2)7(10)11-4-6(9)3-8;1-5(7(8)9)2-3-6-4-10-6/h6,8-9H,1,3-4H2,2H3;2,6H,3-4H2,1H3,(H,8,9). The molecule has 1 rings (SSSR count). The Balaban J connectivity index is 0.000000382. The summed E-state index contributed by atoms with van der Waals surface area (Å²) in [6.45, 7) is 6.61. The van der Waals surface area contributed by atoms with Crippen LogP contribution in [0.25, 0.3) is 0 Å². The molecule has 0 aromatic carbocycles. The topological polar surface area (TPSA) is 117 Å². The maximum Gasteiger partial charge on any atom is 0.333 e. The molecule has 1 aliphatic rings. The first-order valence-corrected chi connectivity index (χ1v) is 6.41. The number of aliphatic hydroxyl groups excluding tert-OH is 2. The third kappa shape index (κ3) is 10.7. The van der Waals surface area contributed by atoms with Gasteiger partial charge in [0.1, 0.15) is 12.7 Å². The Kier molecular flexibility index (Phi) is 9.27. The first-order valence-electron chi connectivity index (χ1n) is 6.41. The highest BCUT2D eigenvalue weighted by atomic mass is 16.6. The lowest BCUT2D eigenvalue weighted by atomic mass is 10.2. The zero-order valence-corrected chi connectivity index (χ0v) is 12.2. The van der Waals surface area contributed by atoms with Crippen LogP contribution in [0.3, 0.4) is 0 Å². The summed E-state index contributed by atoms with van der Waals surface area (Å²) in [5.41, 5.74) is 0.672. The predicted molar refractivity (Wildman–Crippen MR) is 74.6 cm³/mol. The number of carbonyl (C=O) groups excluding carboxylic acids is 1. The lowest BCUT2D eigenvalue weighted by Gasteiger charge is -2.07. The molecule has 0 saturated carbocycles. The van der Waals surface area contributed by atoms with Gasteiger partial charge in [-0.1, -0.05) is 12.7 Å². The summed E-state index contributed by atoms with van der Waals surface area (Å²) in [5, 5.41) is 25.5.